The van der Waals surface area contributed by atoms with Crippen LogP contribution in [0.2, 0.25) is 0 Å². The lowest BCUT2D eigenvalue weighted by Crippen LogP contribution is -2.12. The van der Waals surface area contributed by atoms with Gasteiger partial charge in [0, 0.05) is 5.69 Å². The van der Waals surface area contributed by atoms with Crippen molar-refractivity contribution in [3.63, 3.8) is 0 Å². The second-order valence-electron chi connectivity index (χ2n) is 5.11. The van der Waals surface area contributed by atoms with Crippen LogP contribution in [0.25, 0.3) is 0 Å². The second kappa shape index (κ2) is 9.14. The standard InChI is InChI=1S/C9H10N4O2S2.C6H9N3O2/c1-6-11-12-9(16-6)13-17(14,15)8-4-2-7(10)3-5-8;1-10-4-3-5(11-2)9-6(7)8-4/h2-5H,10H2,1H3,(H,12,13);3H,1-2H3,(H2,7,8,9). The number of hydrogen-bond donors (Lipinski definition) is 3. The Kier molecular flexibility index (Phi) is 6.89. The fourth-order valence-electron chi connectivity index (χ4n) is 1.79. The third-order valence-corrected chi connectivity index (χ3v) is 5.29. The van der Waals surface area contributed by atoms with Gasteiger partial charge < -0.3 is 20.9 Å². The summed E-state index contributed by atoms with van der Waals surface area (Å²) < 4.78 is 35.8. The summed E-state index contributed by atoms with van der Waals surface area (Å²) >= 11 is 1.18. The zero-order valence-electron chi connectivity index (χ0n) is 15.3. The minimum Gasteiger partial charge on any atom is -0.481 e. The molecular weight excluding hydrogens is 406 g/mol. The summed E-state index contributed by atoms with van der Waals surface area (Å²) in [5, 5.41) is 8.37. The average Bonchev–Trinajstić information content (AvgIpc) is 3.06. The molecule has 0 saturated carbocycles. The van der Waals surface area contributed by atoms with Crippen molar-refractivity contribution in [3.8, 4) is 11.8 Å². The van der Waals surface area contributed by atoms with Gasteiger partial charge in [-0.3, -0.25) is 4.72 Å². The van der Waals surface area contributed by atoms with Crippen LogP contribution < -0.4 is 25.7 Å². The number of anilines is 3. The first-order valence-electron chi connectivity index (χ1n) is 7.64. The zero-order valence-corrected chi connectivity index (χ0v) is 16.9. The largest absolute Gasteiger partial charge is 0.481 e. The van der Waals surface area contributed by atoms with E-state index in [2.05, 4.69) is 24.9 Å². The van der Waals surface area contributed by atoms with Crippen molar-refractivity contribution >= 4 is 38.1 Å². The maximum atomic E-state index is 11.9. The molecule has 13 heteroatoms. The molecule has 28 heavy (non-hydrogen) atoms. The summed E-state index contributed by atoms with van der Waals surface area (Å²) in [6.45, 7) is 1.75. The maximum absolute atomic E-state index is 11.9. The molecule has 3 aromatic rings. The number of nitrogens with one attached hydrogen (secondary N) is 1. The lowest BCUT2D eigenvalue weighted by Gasteiger charge is -2.04. The molecule has 0 radical (unpaired) electrons. The van der Waals surface area contributed by atoms with Gasteiger partial charge in [-0.2, -0.15) is 9.97 Å². The molecule has 0 amide bonds. The lowest BCUT2D eigenvalue weighted by atomic mass is 10.3. The Morgan fingerprint density at radius 1 is 1.00 bits per heavy atom. The molecule has 0 fully saturated rings. The number of rotatable bonds is 5. The van der Waals surface area contributed by atoms with Crippen LogP contribution in [0.4, 0.5) is 16.8 Å². The molecule has 1 aromatic carbocycles. The van der Waals surface area contributed by atoms with E-state index in [1.54, 1.807) is 13.0 Å². The number of nitrogens with two attached hydrogens (primary N) is 2. The van der Waals surface area contributed by atoms with Crippen LogP contribution in [0.1, 0.15) is 5.01 Å². The van der Waals surface area contributed by atoms with Crippen molar-refractivity contribution in [3.05, 3.63) is 35.3 Å². The molecule has 0 spiro atoms. The van der Waals surface area contributed by atoms with E-state index < -0.39 is 10.0 Å². The molecule has 5 N–H and O–H groups in total. The highest BCUT2D eigenvalue weighted by atomic mass is 32.2. The van der Waals surface area contributed by atoms with Crippen LogP contribution >= 0.6 is 11.3 Å². The fraction of sp³-hybridized carbons (Fsp3) is 0.200. The summed E-state index contributed by atoms with van der Waals surface area (Å²) in [6.07, 6.45) is 0. The SMILES string of the molecule is COc1cc(OC)nc(N)n1.Cc1nnc(NS(=O)(=O)c2ccc(N)cc2)s1. The van der Waals surface area contributed by atoms with E-state index >= 15 is 0 Å². The van der Waals surface area contributed by atoms with Gasteiger partial charge in [0.25, 0.3) is 10.0 Å². The predicted molar refractivity (Wildman–Crippen MR) is 106 cm³/mol. The van der Waals surface area contributed by atoms with E-state index in [-0.39, 0.29) is 16.0 Å². The molecule has 11 nitrogen and oxygen atoms in total. The molecule has 3 rings (SSSR count). The first-order chi connectivity index (χ1) is 13.2. The number of nitrogens with zero attached hydrogens (tertiary/aromatic N) is 4. The summed E-state index contributed by atoms with van der Waals surface area (Å²) in [4.78, 5) is 7.67. The first kappa shape index (κ1) is 21.1. The Morgan fingerprint density at radius 3 is 2.04 bits per heavy atom. The number of nitrogen functional groups attached to an aromatic ring is 2. The normalized spacial score (nSPS) is 10.5. The molecule has 0 aliphatic heterocycles. The zero-order chi connectivity index (χ0) is 20.7. The Bertz CT molecular complexity index is 1000. The smallest absolute Gasteiger partial charge is 0.263 e. The van der Waals surface area contributed by atoms with E-state index in [4.69, 9.17) is 20.9 Å². The molecule has 150 valence electrons. The predicted octanol–water partition coefficient (Wildman–Crippen LogP) is 1.31. The number of sulfonamides is 1. The highest BCUT2D eigenvalue weighted by Gasteiger charge is 2.15. The van der Waals surface area contributed by atoms with Gasteiger partial charge in [0.15, 0.2) is 0 Å². The molecule has 0 aliphatic rings. The number of benzene rings is 1. The van der Waals surface area contributed by atoms with E-state index in [1.165, 1.54) is 49.8 Å². The van der Waals surface area contributed by atoms with Crippen LogP contribution in [-0.4, -0.2) is 42.8 Å². The van der Waals surface area contributed by atoms with E-state index in [0.717, 1.165) is 0 Å². The number of methoxy groups -OCH3 is 2. The van der Waals surface area contributed by atoms with Crippen molar-refractivity contribution < 1.29 is 17.9 Å². The first-order valence-corrected chi connectivity index (χ1v) is 9.94. The van der Waals surface area contributed by atoms with Gasteiger partial charge in [0.2, 0.25) is 22.8 Å². The lowest BCUT2D eigenvalue weighted by molar-refractivity contribution is 0.373. The summed E-state index contributed by atoms with van der Waals surface area (Å²) in [7, 11) is -0.612. The number of hydrogen-bond acceptors (Lipinski definition) is 11. The van der Waals surface area contributed by atoms with Crippen LogP contribution in [0, 0.1) is 6.92 Å². The van der Waals surface area contributed by atoms with Crippen LogP contribution in [0.15, 0.2) is 35.2 Å². The number of ether oxygens (including phenoxy) is 2. The van der Waals surface area contributed by atoms with Gasteiger partial charge >= 0.3 is 0 Å². The number of aromatic nitrogens is 4. The monoisotopic (exact) mass is 425 g/mol. The Hall–Kier alpha value is -3.19. The van der Waals surface area contributed by atoms with Gasteiger partial charge in [-0.1, -0.05) is 11.3 Å². The van der Waals surface area contributed by atoms with Gasteiger partial charge in [0.1, 0.15) is 5.01 Å². The summed E-state index contributed by atoms with van der Waals surface area (Å²) in [6, 6.07) is 7.48. The summed E-state index contributed by atoms with van der Waals surface area (Å²) in [5.41, 5.74) is 11.3. The third-order valence-electron chi connectivity index (χ3n) is 3.05. The molecule has 2 aromatic heterocycles. The fourth-order valence-corrected chi connectivity index (χ4v) is 3.61. The van der Waals surface area contributed by atoms with Gasteiger partial charge in [-0.25, -0.2) is 8.42 Å². The molecule has 0 atom stereocenters. The van der Waals surface area contributed by atoms with Crippen molar-refractivity contribution in [2.75, 3.05) is 30.4 Å². The third kappa shape index (κ3) is 5.92. The number of aryl methyl sites for hydroxylation is 1. The summed E-state index contributed by atoms with van der Waals surface area (Å²) in [5.74, 6) is 0.935. The van der Waals surface area contributed by atoms with Gasteiger partial charge in [-0.05, 0) is 31.2 Å². The Morgan fingerprint density at radius 2 is 1.57 bits per heavy atom. The second-order valence-corrected chi connectivity index (χ2v) is 7.98. The van der Waals surface area contributed by atoms with E-state index in [1.807, 2.05) is 0 Å². The minimum absolute atomic E-state index is 0.138. The quantitative estimate of drug-likeness (QED) is 0.507. The van der Waals surface area contributed by atoms with Crippen molar-refractivity contribution in [1.82, 2.24) is 20.2 Å². The highest BCUT2D eigenvalue weighted by molar-refractivity contribution is 7.93. The molecular formula is C15H19N7O4S2. The van der Waals surface area contributed by atoms with Gasteiger partial charge in [-0.15, -0.1) is 10.2 Å². The topological polar surface area (TPSA) is 168 Å². The molecule has 2 heterocycles. The minimum atomic E-state index is -3.61. The van der Waals surface area contributed by atoms with Crippen molar-refractivity contribution in [1.29, 1.82) is 0 Å². The Labute approximate surface area is 165 Å². The van der Waals surface area contributed by atoms with Crippen molar-refractivity contribution in [2.45, 2.75) is 11.8 Å². The Balaban J connectivity index is 0.000000221. The molecule has 0 bridgehead atoms. The maximum Gasteiger partial charge on any atom is 0.263 e. The molecule has 0 saturated heterocycles. The van der Waals surface area contributed by atoms with Gasteiger partial charge in [0.05, 0.1) is 25.2 Å². The molecule has 0 aliphatic carbocycles. The highest BCUT2D eigenvalue weighted by Crippen LogP contribution is 2.19. The van der Waals surface area contributed by atoms with Crippen LogP contribution in [0.3, 0.4) is 0 Å². The van der Waals surface area contributed by atoms with E-state index in [0.29, 0.717) is 22.5 Å². The van der Waals surface area contributed by atoms with Crippen LogP contribution in [0.5, 0.6) is 11.8 Å². The molecule has 0 unspecified atom stereocenters. The van der Waals surface area contributed by atoms with E-state index in [9.17, 15) is 8.42 Å². The van der Waals surface area contributed by atoms with Crippen molar-refractivity contribution in [2.24, 2.45) is 0 Å². The average molecular weight is 425 g/mol. The van der Waals surface area contributed by atoms with Crippen LogP contribution in [-0.2, 0) is 10.0 Å².